The third kappa shape index (κ3) is 3.11. The molecule has 0 radical (unpaired) electrons. The fourth-order valence-electron chi connectivity index (χ4n) is 2.02. The van der Waals surface area contributed by atoms with Crippen LogP contribution in [-0.4, -0.2) is 37.2 Å². The summed E-state index contributed by atoms with van der Waals surface area (Å²) in [5.74, 6) is 0.688. The van der Waals surface area contributed by atoms with Gasteiger partial charge in [0.25, 0.3) is 0 Å². The first kappa shape index (κ1) is 14.4. The molecule has 2 aromatic heterocycles. The second kappa shape index (κ2) is 5.96. The van der Waals surface area contributed by atoms with Crippen LogP contribution in [0.2, 0.25) is 0 Å². The molecular weight excluding hydrogens is 256 g/mol. The molecule has 1 atom stereocenters. The number of hydrogen-bond acceptors (Lipinski definition) is 7. The topological polar surface area (TPSA) is 110 Å². The average Bonchev–Trinajstić information content (AvgIpc) is 2.45. The van der Waals surface area contributed by atoms with Crippen molar-refractivity contribution in [2.75, 3.05) is 17.7 Å². The minimum Gasteiger partial charge on any atom is -0.394 e. The Morgan fingerprint density at radius 1 is 1.40 bits per heavy atom. The summed E-state index contributed by atoms with van der Waals surface area (Å²) in [7, 11) is 0. The summed E-state index contributed by atoms with van der Waals surface area (Å²) in [6, 6.07) is 0. The molecule has 0 aliphatic rings. The molecule has 7 nitrogen and oxygen atoms in total. The fraction of sp³-hybridized carbons (Fsp3) is 0.538. The Hall–Kier alpha value is -2.02. The van der Waals surface area contributed by atoms with Gasteiger partial charge in [0.1, 0.15) is 17.4 Å². The highest BCUT2D eigenvalue weighted by Gasteiger charge is 2.24. The molecular formula is C13H20N6O. The molecule has 2 rings (SSSR count). The number of hydrogen-bond donors (Lipinski definition) is 3. The van der Waals surface area contributed by atoms with Gasteiger partial charge < -0.3 is 16.2 Å². The van der Waals surface area contributed by atoms with Crippen molar-refractivity contribution in [2.45, 2.75) is 38.6 Å². The molecule has 0 fully saturated rings. The van der Waals surface area contributed by atoms with Crippen LogP contribution in [0.15, 0.2) is 12.5 Å². The maximum atomic E-state index is 9.64. The maximum absolute atomic E-state index is 9.64. The van der Waals surface area contributed by atoms with Crippen LogP contribution < -0.4 is 11.1 Å². The van der Waals surface area contributed by atoms with Gasteiger partial charge in [0, 0.05) is 0 Å². The van der Waals surface area contributed by atoms with E-state index in [9.17, 15) is 5.11 Å². The second-order valence-electron chi connectivity index (χ2n) is 5.13. The molecule has 0 amide bonds. The van der Waals surface area contributed by atoms with Crippen LogP contribution in [-0.2, 0) is 0 Å². The van der Waals surface area contributed by atoms with Crippen LogP contribution in [0.3, 0.4) is 0 Å². The normalized spacial score (nSPS) is 14.2. The van der Waals surface area contributed by atoms with Crippen molar-refractivity contribution in [2.24, 2.45) is 0 Å². The van der Waals surface area contributed by atoms with Crippen molar-refractivity contribution >= 4 is 22.8 Å². The molecule has 20 heavy (non-hydrogen) atoms. The Kier molecular flexibility index (Phi) is 4.29. The predicted molar refractivity (Wildman–Crippen MR) is 78.2 cm³/mol. The van der Waals surface area contributed by atoms with Gasteiger partial charge in [-0.25, -0.2) is 15.0 Å². The second-order valence-corrected chi connectivity index (χ2v) is 5.13. The number of nitrogens with two attached hydrogens (primary N) is 1. The molecule has 0 saturated carbocycles. The molecule has 0 spiro atoms. The van der Waals surface area contributed by atoms with E-state index in [1.807, 2.05) is 6.92 Å². The van der Waals surface area contributed by atoms with Crippen molar-refractivity contribution in [1.82, 2.24) is 19.9 Å². The predicted octanol–water partition coefficient (Wildman–Crippen LogP) is 1.36. The summed E-state index contributed by atoms with van der Waals surface area (Å²) in [5, 5.41) is 12.9. The quantitative estimate of drug-likeness (QED) is 0.730. The number of unbranched alkanes of at least 4 members (excludes halogenated alkanes) is 1. The molecule has 2 heterocycles. The number of nitrogen functional groups attached to an aromatic ring is 1. The highest BCUT2D eigenvalue weighted by molar-refractivity contribution is 5.85. The average molecular weight is 276 g/mol. The van der Waals surface area contributed by atoms with Crippen molar-refractivity contribution in [1.29, 1.82) is 0 Å². The summed E-state index contributed by atoms with van der Waals surface area (Å²) in [6.07, 6.45) is 5.93. The third-order valence-corrected chi connectivity index (χ3v) is 3.23. The van der Waals surface area contributed by atoms with E-state index in [0.717, 1.165) is 19.3 Å². The number of nitrogens with one attached hydrogen (secondary N) is 1. The third-order valence-electron chi connectivity index (χ3n) is 3.23. The van der Waals surface area contributed by atoms with Crippen molar-refractivity contribution in [3.05, 3.63) is 12.5 Å². The summed E-state index contributed by atoms with van der Waals surface area (Å²) in [6.45, 7) is 4.07. The van der Waals surface area contributed by atoms with Gasteiger partial charge >= 0.3 is 0 Å². The number of anilines is 2. The zero-order chi connectivity index (χ0) is 14.6. The van der Waals surface area contributed by atoms with Gasteiger partial charge in [-0.3, -0.25) is 0 Å². The lowest BCUT2D eigenvalue weighted by atomic mass is 9.96. The van der Waals surface area contributed by atoms with E-state index in [0.29, 0.717) is 16.9 Å². The Labute approximate surface area is 117 Å². The standard InChI is InChI=1S/C13H20N6O/c1-3-4-5-13(2,7-20)19-11-10-9(6-15-8-16-10)17-12(14)18-11/h6,8,20H,3-5,7H2,1-2H3,(H3,14,17,18,19). The van der Waals surface area contributed by atoms with Crippen LogP contribution in [0.4, 0.5) is 11.8 Å². The number of aromatic nitrogens is 4. The molecule has 108 valence electrons. The van der Waals surface area contributed by atoms with Gasteiger partial charge in [0.2, 0.25) is 5.95 Å². The van der Waals surface area contributed by atoms with E-state index >= 15 is 0 Å². The highest BCUT2D eigenvalue weighted by Crippen LogP contribution is 2.24. The van der Waals surface area contributed by atoms with E-state index in [2.05, 4.69) is 32.2 Å². The first-order chi connectivity index (χ1) is 9.58. The van der Waals surface area contributed by atoms with Crippen LogP contribution in [0, 0.1) is 0 Å². The SMILES string of the molecule is CCCCC(C)(CO)Nc1nc(N)nc2cncnc12. The lowest BCUT2D eigenvalue weighted by Crippen LogP contribution is -2.39. The molecule has 1 unspecified atom stereocenters. The van der Waals surface area contributed by atoms with Crippen LogP contribution in [0.5, 0.6) is 0 Å². The number of aliphatic hydroxyl groups is 1. The van der Waals surface area contributed by atoms with Gasteiger partial charge in [-0.15, -0.1) is 0 Å². The Morgan fingerprint density at radius 3 is 2.90 bits per heavy atom. The van der Waals surface area contributed by atoms with Gasteiger partial charge in [-0.05, 0) is 13.3 Å². The summed E-state index contributed by atoms with van der Waals surface area (Å²) in [5.41, 5.74) is 6.43. The van der Waals surface area contributed by atoms with Gasteiger partial charge in [0.05, 0.1) is 18.3 Å². The minimum absolute atomic E-state index is 0.00346. The van der Waals surface area contributed by atoms with Crippen molar-refractivity contribution < 1.29 is 5.11 Å². The smallest absolute Gasteiger partial charge is 0.222 e. The summed E-state index contributed by atoms with van der Waals surface area (Å²) in [4.78, 5) is 16.4. The molecule has 7 heteroatoms. The Balaban J connectivity index is 2.36. The molecule has 0 bridgehead atoms. The monoisotopic (exact) mass is 276 g/mol. The Bertz CT molecular complexity index is 590. The van der Waals surface area contributed by atoms with Crippen LogP contribution >= 0.6 is 0 Å². The van der Waals surface area contributed by atoms with Crippen molar-refractivity contribution in [3.63, 3.8) is 0 Å². The molecule has 0 aliphatic carbocycles. The number of rotatable bonds is 6. The largest absolute Gasteiger partial charge is 0.394 e. The first-order valence-corrected chi connectivity index (χ1v) is 6.70. The van der Waals surface area contributed by atoms with Gasteiger partial charge in [0.15, 0.2) is 5.82 Å². The van der Waals surface area contributed by atoms with E-state index in [1.54, 1.807) is 6.20 Å². The van der Waals surface area contributed by atoms with Gasteiger partial charge in [-0.1, -0.05) is 19.8 Å². The van der Waals surface area contributed by atoms with E-state index in [-0.39, 0.29) is 12.6 Å². The number of aliphatic hydroxyl groups excluding tert-OH is 1. The summed E-state index contributed by atoms with van der Waals surface area (Å²) < 4.78 is 0. The number of fused-ring (bicyclic) bond motifs is 1. The summed E-state index contributed by atoms with van der Waals surface area (Å²) >= 11 is 0. The zero-order valence-corrected chi connectivity index (χ0v) is 11.8. The fourth-order valence-corrected chi connectivity index (χ4v) is 2.02. The molecule has 4 N–H and O–H groups in total. The van der Waals surface area contributed by atoms with E-state index in [4.69, 9.17) is 5.73 Å². The van der Waals surface area contributed by atoms with E-state index in [1.165, 1.54) is 6.33 Å². The first-order valence-electron chi connectivity index (χ1n) is 6.70. The molecule has 0 saturated heterocycles. The van der Waals surface area contributed by atoms with Crippen LogP contribution in [0.25, 0.3) is 11.0 Å². The molecule has 2 aromatic rings. The highest BCUT2D eigenvalue weighted by atomic mass is 16.3. The van der Waals surface area contributed by atoms with Crippen molar-refractivity contribution in [3.8, 4) is 0 Å². The lowest BCUT2D eigenvalue weighted by Gasteiger charge is -2.29. The van der Waals surface area contributed by atoms with E-state index < -0.39 is 5.54 Å². The maximum Gasteiger partial charge on any atom is 0.222 e. The number of nitrogens with zero attached hydrogens (tertiary/aromatic N) is 4. The lowest BCUT2D eigenvalue weighted by molar-refractivity contribution is 0.212. The van der Waals surface area contributed by atoms with Gasteiger partial charge in [-0.2, -0.15) is 4.98 Å². The Morgan fingerprint density at radius 2 is 2.20 bits per heavy atom. The molecule has 0 aliphatic heterocycles. The zero-order valence-electron chi connectivity index (χ0n) is 11.8. The molecule has 0 aromatic carbocycles. The minimum atomic E-state index is -0.464. The van der Waals surface area contributed by atoms with Crippen LogP contribution in [0.1, 0.15) is 33.1 Å².